The molecule has 1 aliphatic rings. The van der Waals surface area contributed by atoms with Gasteiger partial charge >= 0.3 is 5.69 Å². The van der Waals surface area contributed by atoms with E-state index in [1.165, 1.54) is 17.3 Å². The van der Waals surface area contributed by atoms with Gasteiger partial charge in [0, 0.05) is 6.54 Å². The molecule has 1 saturated heterocycles. The number of hydrogen-bond acceptors (Lipinski definition) is 6. The number of carbonyl (C=O) groups is 1. The van der Waals surface area contributed by atoms with Crippen LogP contribution in [0, 0.1) is 10.1 Å². The van der Waals surface area contributed by atoms with E-state index < -0.39 is 4.92 Å². The fraction of sp³-hybridized carbons (Fsp3) is 0.692. The predicted octanol–water partition coefficient (Wildman–Crippen LogP) is -0.246. The van der Waals surface area contributed by atoms with Crippen molar-refractivity contribution < 1.29 is 14.8 Å². The second-order valence-electron chi connectivity index (χ2n) is 5.46. The van der Waals surface area contributed by atoms with Gasteiger partial charge in [-0.3, -0.25) is 19.6 Å². The summed E-state index contributed by atoms with van der Waals surface area (Å²) in [5.41, 5.74) is -0.153. The van der Waals surface area contributed by atoms with Gasteiger partial charge in [-0.15, -0.1) is 0 Å². The van der Waals surface area contributed by atoms with E-state index in [1.54, 1.807) is 0 Å². The Balaban J connectivity index is 1.81. The maximum atomic E-state index is 11.9. The molecule has 1 unspecified atom stereocenters. The number of carbonyl (C=O) groups excluding carboxylic acids is 1. The lowest BCUT2D eigenvalue weighted by atomic mass is 10.1. The summed E-state index contributed by atoms with van der Waals surface area (Å²) in [7, 11) is 0. The summed E-state index contributed by atoms with van der Waals surface area (Å²) in [4.78, 5) is 24.2. The SMILES string of the molecule is O=C(Cn1cc([N+](=O)[O-])cn1)NC(CO)CN1CCCCC1. The van der Waals surface area contributed by atoms with Crippen molar-refractivity contribution in [1.29, 1.82) is 0 Å². The smallest absolute Gasteiger partial charge is 0.307 e. The van der Waals surface area contributed by atoms with E-state index in [0.29, 0.717) is 6.54 Å². The first kappa shape index (κ1) is 16.4. The Morgan fingerprint density at radius 3 is 2.77 bits per heavy atom. The van der Waals surface area contributed by atoms with Crippen LogP contribution >= 0.6 is 0 Å². The number of rotatable bonds is 7. The molecule has 0 aliphatic carbocycles. The van der Waals surface area contributed by atoms with Crippen LogP contribution in [0.2, 0.25) is 0 Å². The van der Waals surface area contributed by atoms with Gasteiger partial charge < -0.3 is 15.3 Å². The highest BCUT2D eigenvalue weighted by atomic mass is 16.6. The van der Waals surface area contributed by atoms with Crippen molar-refractivity contribution >= 4 is 11.6 Å². The van der Waals surface area contributed by atoms with Crippen LogP contribution in [0.3, 0.4) is 0 Å². The lowest BCUT2D eigenvalue weighted by Crippen LogP contribution is -2.48. The normalized spacial score (nSPS) is 17.1. The lowest BCUT2D eigenvalue weighted by molar-refractivity contribution is -0.385. The zero-order valence-corrected chi connectivity index (χ0v) is 12.3. The molecule has 0 aromatic carbocycles. The first-order chi connectivity index (χ1) is 10.6. The highest BCUT2D eigenvalue weighted by molar-refractivity contribution is 5.76. The van der Waals surface area contributed by atoms with Gasteiger partial charge in [-0.1, -0.05) is 6.42 Å². The van der Waals surface area contributed by atoms with Crippen LogP contribution < -0.4 is 5.32 Å². The van der Waals surface area contributed by atoms with Gasteiger partial charge in [0.25, 0.3) is 0 Å². The Labute approximate surface area is 128 Å². The Bertz CT molecular complexity index is 512. The summed E-state index contributed by atoms with van der Waals surface area (Å²) in [5, 5.41) is 26.5. The van der Waals surface area contributed by atoms with Gasteiger partial charge in [-0.25, -0.2) is 0 Å². The molecule has 122 valence electrons. The summed E-state index contributed by atoms with van der Waals surface area (Å²) in [5.74, 6) is -0.325. The number of amides is 1. The van der Waals surface area contributed by atoms with Crippen molar-refractivity contribution in [2.24, 2.45) is 0 Å². The van der Waals surface area contributed by atoms with E-state index in [2.05, 4.69) is 15.3 Å². The molecular formula is C13H21N5O4. The quantitative estimate of drug-likeness (QED) is 0.530. The average molecular weight is 311 g/mol. The second-order valence-corrected chi connectivity index (χ2v) is 5.46. The minimum Gasteiger partial charge on any atom is -0.394 e. The molecule has 22 heavy (non-hydrogen) atoms. The van der Waals surface area contributed by atoms with Crippen LogP contribution in [0.15, 0.2) is 12.4 Å². The average Bonchev–Trinajstić information content (AvgIpc) is 2.96. The van der Waals surface area contributed by atoms with Crippen molar-refractivity contribution in [2.75, 3.05) is 26.2 Å². The molecule has 0 radical (unpaired) electrons. The highest BCUT2D eigenvalue weighted by Crippen LogP contribution is 2.09. The van der Waals surface area contributed by atoms with Crippen molar-refractivity contribution in [3.8, 4) is 0 Å². The van der Waals surface area contributed by atoms with Crippen LogP contribution in [0.1, 0.15) is 19.3 Å². The first-order valence-corrected chi connectivity index (χ1v) is 7.38. The van der Waals surface area contributed by atoms with Crippen molar-refractivity contribution in [3.63, 3.8) is 0 Å². The number of nitrogens with zero attached hydrogens (tertiary/aromatic N) is 4. The molecule has 1 aromatic heterocycles. The van der Waals surface area contributed by atoms with Crippen molar-refractivity contribution in [2.45, 2.75) is 31.8 Å². The Morgan fingerprint density at radius 1 is 1.45 bits per heavy atom. The molecule has 1 amide bonds. The molecule has 1 aromatic rings. The van der Waals surface area contributed by atoms with Crippen LogP contribution in [0.4, 0.5) is 5.69 Å². The summed E-state index contributed by atoms with van der Waals surface area (Å²) in [6.45, 7) is 2.34. The summed E-state index contributed by atoms with van der Waals surface area (Å²) in [6.07, 6.45) is 5.82. The van der Waals surface area contributed by atoms with Gasteiger partial charge in [-0.2, -0.15) is 5.10 Å². The third kappa shape index (κ3) is 4.78. The fourth-order valence-electron chi connectivity index (χ4n) is 2.56. The van der Waals surface area contributed by atoms with Crippen LogP contribution in [0.5, 0.6) is 0 Å². The molecule has 1 atom stereocenters. The maximum absolute atomic E-state index is 11.9. The molecule has 2 N–H and O–H groups in total. The number of hydrogen-bond donors (Lipinski definition) is 2. The molecule has 0 saturated carbocycles. The third-order valence-electron chi connectivity index (χ3n) is 3.65. The standard InChI is InChI=1S/C13H21N5O4/c19-10-11(7-16-4-2-1-3-5-16)15-13(20)9-17-8-12(6-14-17)18(21)22/h6,8,11,19H,1-5,7,9-10H2,(H,15,20). The zero-order chi connectivity index (χ0) is 15.9. The number of likely N-dealkylation sites (tertiary alicyclic amines) is 1. The molecule has 2 heterocycles. The van der Waals surface area contributed by atoms with Crippen LogP contribution in [-0.4, -0.2) is 62.9 Å². The van der Waals surface area contributed by atoms with E-state index in [-0.39, 0.29) is 30.8 Å². The zero-order valence-electron chi connectivity index (χ0n) is 12.3. The lowest BCUT2D eigenvalue weighted by Gasteiger charge is -2.30. The summed E-state index contributed by atoms with van der Waals surface area (Å²) < 4.78 is 1.21. The summed E-state index contributed by atoms with van der Waals surface area (Å²) in [6, 6.07) is -0.337. The van der Waals surface area contributed by atoms with E-state index in [0.717, 1.165) is 32.1 Å². The number of nitrogens with one attached hydrogen (secondary N) is 1. The molecule has 0 bridgehead atoms. The molecule has 0 spiro atoms. The number of aromatic nitrogens is 2. The monoisotopic (exact) mass is 311 g/mol. The van der Waals surface area contributed by atoms with Crippen LogP contribution in [-0.2, 0) is 11.3 Å². The molecule has 9 heteroatoms. The van der Waals surface area contributed by atoms with E-state index in [4.69, 9.17) is 0 Å². The topological polar surface area (TPSA) is 114 Å². The third-order valence-corrected chi connectivity index (χ3v) is 3.65. The maximum Gasteiger partial charge on any atom is 0.307 e. The van der Waals surface area contributed by atoms with E-state index in [9.17, 15) is 20.0 Å². The molecule has 9 nitrogen and oxygen atoms in total. The fourth-order valence-corrected chi connectivity index (χ4v) is 2.56. The van der Waals surface area contributed by atoms with E-state index in [1.807, 2.05) is 0 Å². The highest BCUT2D eigenvalue weighted by Gasteiger charge is 2.18. The number of aliphatic hydroxyl groups excluding tert-OH is 1. The minimum atomic E-state index is -0.561. The second kappa shape index (κ2) is 7.85. The van der Waals surface area contributed by atoms with Gasteiger partial charge in [0.2, 0.25) is 5.91 Å². The van der Waals surface area contributed by atoms with Crippen LogP contribution in [0.25, 0.3) is 0 Å². The van der Waals surface area contributed by atoms with Gasteiger partial charge in [0.1, 0.15) is 18.9 Å². The number of aliphatic hydroxyl groups is 1. The number of piperidine rings is 1. The van der Waals surface area contributed by atoms with Crippen molar-refractivity contribution in [3.05, 3.63) is 22.5 Å². The Kier molecular flexibility index (Phi) is 5.84. The van der Waals surface area contributed by atoms with Gasteiger partial charge in [0.05, 0.1) is 17.6 Å². The predicted molar refractivity (Wildman–Crippen MR) is 78.2 cm³/mol. The van der Waals surface area contributed by atoms with Gasteiger partial charge in [0.15, 0.2) is 0 Å². The molecule has 2 rings (SSSR count). The Hall–Kier alpha value is -2.00. The van der Waals surface area contributed by atoms with Crippen molar-refractivity contribution in [1.82, 2.24) is 20.0 Å². The summed E-state index contributed by atoms with van der Waals surface area (Å²) >= 11 is 0. The largest absolute Gasteiger partial charge is 0.394 e. The molecule has 1 fully saturated rings. The molecule has 1 aliphatic heterocycles. The minimum absolute atomic E-state index is 0.107. The van der Waals surface area contributed by atoms with E-state index >= 15 is 0 Å². The number of nitro groups is 1. The molecular weight excluding hydrogens is 290 g/mol. The van der Waals surface area contributed by atoms with Gasteiger partial charge in [-0.05, 0) is 25.9 Å². The first-order valence-electron chi connectivity index (χ1n) is 7.38. The Morgan fingerprint density at radius 2 is 2.18 bits per heavy atom.